The predicted molar refractivity (Wildman–Crippen MR) is 156 cm³/mol. The first-order valence-corrected chi connectivity index (χ1v) is 13.8. The highest BCUT2D eigenvalue weighted by atomic mass is 16.5. The van der Waals surface area contributed by atoms with Crippen LogP contribution in [0.2, 0.25) is 0 Å². The Morgan fingerprint density at radius 3 is 2.39 bits per heavy atom. The normalized spacial score (nSPS) is 15.2. The van der Waals surface area contributed by atoms with E-state index in [-0.39, 0.29) is 31.4 Å². The molecule has 41 heavy (non-hydrogen) atoms. The van der Waals surface area contributed by atoms with Gasteiger partial charge in [-0.25, -0.2) is 0 Å². The molecule has 1 aliphatic heterocycles. The lowest BCUT2D eigenvalue weighted by atomic mass is 10.0. The smallest absolute Gasteiger partial charge is 0.307 e. The van der Waals surface area contributed by atoms with Crippen LogP contribution in [0.3, 0.4) is 0 Å². The van der Waals surface area contributed by atoms with Crippen LogP contribution in [0.5, 0.6) is 0 Å². The van der Waals surface area contributed by atoms with Crippen LogP contribution in [0.15, 0.2) is 78.9 Å². The van der Waals surface area contributed by atoms with Gasteiger partial charge < -0.3 is 14.5 Å². The Kier molecular flexibility index (Phi) is 9.91. The summed E-state index contributed by atoms with van der Waals surface area (Å²) in [6.07, 6.45) is 1.62. The second kappa shape index (κ2) is 14.0. The van der Waals surface area contributed by atoms with Crippen molar-refractivity contribution >= 4 is 23.5 Å². The number of amides is 2. The number of anilines is 1. The summed E-state index contributed by atoms with van der Waals surface area (Å²) in [5.41, 5.74) is 3.04. The average molecular weight is 548 g/mol. The van der Waals surface area contributed by atoms with Gasteiger partial charge in [0.15, 0.2) is 0 Å². The molecular formula is C34H33N3O4. The van der Waals surface area contributed by atoms with Gasteiger partial charge in [0.1, 0.15) is 6.04 Å². The maximum absolute atomic E-state index is 14.5. The molecule has 0 aliphatic carbocycles. The molecule has 0 aromatic heterocycles. The molecule has 0 fully saturated rings. The van der Waals surface area contributed by atoms with E-state index in [0.717, 1.165) is 5.56 Å². The Hall–Kier alpha value is -4.88. The molecule has 0 saturated heterocycles. The van der Waals surface area contributed by atoms with Crippen molar-refractivity contribution in [1.82, 2.24) is 4.90 Å². The first-order valence-electron chi connectivity index (χ1n) is 13.8. The van der Waals surface area contributed by atoms with Crippen molar-refractivity contribution in [1.29, 1.82) is 5.26 Å². The first-order chi connectivity index (χ1) is 19.9. The third-order valence-electron chi connectivity index (χ3n) is 6.89. The third kappa shape index (κ3) is 7.01. The van der Waals surface area contributed by atoms with Gasteiger partial charge in [0.05, 0.1) is 36.9 Å². The summed E-state index contributed by atoms with van der Waals surface area (Å²) >= 11 is 0. The van der Waals surface area contributed by atoms with Crippen LogP contribution in [0, 0.1) is 23.2 Å². The molecule has 1 aliphatic rings. The fraction of sp³-hybridized carbons (Fsp3) is 0.294. The molecular weight excluding hydrogens is 514 g/mol. The highest BCUT2D eigenvalue weighted by Gasteiger charge is 2.43. The van der Waals surface area contributed by atoms with Crippen molar-refractivity contribution in [2.75, 3.05) is 11.5 Å². The van der Waals surface area contributed by atoms with Gasteiger partial charge in [-0.1, -0.05) is 72.5 Å². The molecule has 0 saturated carbocycles. The van der Waals surface area contributed by atoms with Crippen LogP contribution >= 0.6 is 0 Å². The van der Waals surface area contributed by atoms with E-state index in [1.165, 1.54) is 4.90 Å². The summed E-state index contributed by atoms with van der Waals surface area (Å²) in [5, 5.41) is 8.78. The standard InChI is InChI=1S/C34H33N3O4/c1-3-41-31(38)22-25(2)37-32(28-17-11-7-12-18-28)34(40)36(24-27-15-9-6-10-16-27)30-20-19-26(23-29(30)33(37)39)14-8-4-5-13-21-35/h6-7,9-12,15-20,23,25,32H,3-5,13,22,24H2,1-2H3. The molecule has 0 radical (unpaired) electrons. The lowest BCUT2D eigenvalue weighted by Crippen LogP contribution is -2.47. The summed E-state index contributed by atoms with van der Waals surface area (Å²) in [7, 11) is 0. The maximum Gasteiger partial charge on any atom is 0.307 e. The minimum Gasteiger partial charge on any atom is -0.466 e. The number of ether oxygens (including phenoxy) is 1. The Morgan fingerprint density at radius 2 is 1.71 bits per heavy atom. The van der Waals surface area contributed by atoms with Gasteiger partial charge in [-0.3, -0.25) is 14.4 Å². The van der Waals surface area contributed by atoms with E-state index in [1.54, 1.807) is 30.9 Å². The van der Waals surface area contributed by atoms with Crippen LogP contribution < -0.4 is 4.90 Å². The summed E-state index contributed by atoms with van der Waals surface area (Å²) in [4.78, 5) is 44.6. The van der Waals surface area contributed by atoms with Gasteiger partial charge in [0.25, 0.3) is 11.8 Å². The number of carbonyl (C=O) groups is 3. The zero-order valence-corrected chi connectivity index (χ0v) is 23.4. The largest absolute Gasteiger partial charge is 0.466 e. The van der Waals surface area contributed by atoms with E-state index in [2.05, 4.69) is 17.9 Å². The molecule has 4 rings (SSSR count). The van der Waals surface area contributed by atoms with Crippen molar-refractivity contribution in [2.45, 2.75) is 58.2 Å². The van der Waals surface area contributed by atoms with Crippen LogP contribution in [0.4, 0.5) is 5.69 Å². The molecule has 3 aromatic rings. The van der Waals surface area contributed by atoms with Gasteiger partial charge in [0.2, 0.25) is 0 Å². The molecule has 3 aromatic carbocycles. The topological polar surface area (TPSA) is 90.7 Å². The molecule has 0 N–H and O–H groups in total. The Balaban J connectivity index is 1.85. The number of nitrogens with zero attached hydrogens (tertiary/aromatic N) is 3. The third-order valence-corrected chi connectivity index (χ3v) is 6.89. The van der Waals surface area contributed by atoms with E-state index in [0.29, 0.717) is 41.6 Å². The second-order valence-corrected chi connectivity index (χ2v) is 9.84. The van der Waals surface area contributed by atoms with Gasteiger partial charge in [-0.15, -0.1) is 0 Å². The molecule has 2 amide bonds. The zero-order chi connectivity index (χ0) is 29.2. The SMILES string of the molecule is CCOC(=O)CC(C)N1C(=O)c2cc(C#CCCCC#N)ccc2N(Cc2ccccc2)C(=O)C1c1ccccc1. The fourth-order valence-corrected chi connectivity index (χ4v) is 4.96. The quantitative estimate of drug-likeness (QED) is 0.192. The summed E-state index contributed by atoms with van der Waals surface area (Å²) < 4.78 is 5.19. The van der Waals surface area contributed by atoms with Crippen LogP contribution in [0.1, 0.15) is 72.6 Å². The molecule has 7 heteroatoms. The number of rotatable bonds is 9. The van der Waals surface area contributed by atoms with Gasteiger partial charge >= 0.3 is 5.97 Å². The minimum absolute atomic E-state index is 0.0530. The van der Waals surface area contributed by atoms with Crippen molar-refractivity contribution in [3.8, 4) is 17.9 Å². The van der Waals surface area contributed by atoms with Crippen LogP contribution in [-0.2, 0) is 20.9 Å². The van der Waals surface area contributed by atoms with E-state index in [4.69, 9.17) is 10.00 Å². The Bertz CT molecular complexity index is 1490. The van der Waals surface area contributed by atoms with Gasteiger partial charge in [-0.05, 0) is 49.6 Å². The van der Waals surface area contributed by atoms with Crippen LogP contribution in [0.25, 0.3) is 0 Å². The van der Waals surface area contributed by atoms with Crippen LogP contribution in [-0.4, -0.2) is 35.3 Å². The molecule has 2 unspecified atom stereocenters. The molecule has 0 bridgehead atoms. The van der Waals surface area contributed by atoms with E-state index in [1.807, 2.05) is 66.7 Å². The van der Waals surface area contributed by atoms with Crippen molar-refractivity contribution in [2.24, 2.45) is 0 Å². The number of hydrogen-bond acceptors (Lipinski definition) is 5. The highest BCUT2D eigenvalue weighted by molar-refractivity contribution is 6.11. The molecule has 7 nitrogen and oxygen atoms in total. The number of esters is 1. The average Bonchev–Trinajstić information content (AvgIpc) is 3.07. The van der Waals surface area contributed by atoms with Gasteiger partial charge in [0, 0.05) is 24.4 Å². The van der Waals surface area contributed by atoms with E-state index < -0.39 is 18.1 Å². The van der Waals surface area contributed by atoms with Crippen molar-refractivity contribution in [3.05, 3.63) is 101 Å². The zero-order valence-electron chi connectivity index (χ0n) is 23.4. The molecule has 0 spiro atoms. The number of benzene rings is 3. The van der Waals surface area contributed by atoms with Crippen molar-refractivity contribution in [3.63, 3.8) is 0 Å². The lowest BCUT2D eigenvalue weighted by Gasteiger charge is -2.35. The Labute approximate surface area is 241 Å². The van der Waals surface area contributed by atoms with Crippen molar-refractivity contribution < 1.29 is 19.1 Å². The summed E-state index contributed by atoms with van der Waals surface area (Å²) in [6.45, 7) is 3.99. The van der Waals surface area contributed by atoms with E-state index >= 15 is 0 Å². The number of hydrogen-bond donors (Lipinski definition) is 0. The number of carbonyl (C=O) groups excluding carboxylic acids is 3. The Morgan fingerprint density at radius 1 is 1.00 bits per heavy atom. The minimum atomic E-state index is -0.954. The first kappa shape index (κ1) is 29.1. The molecule has 2 atom stereocenters. The fourth-order valence-electron chi connectivity index (χ4n) is 4.96. The summed E-state index contributed by atoms with van der Waals surface area (Å²) in [6, 6.07) is 24.7. The number of unbranched alkanes of at least 4 members (excludes halogenated alkanes) is 2. The highest BCUT2D eigenvalue weighted by Crippen LogP contribution is 2.37. The number of fused-ring (bicyclic) bond motifs is 1. The second-order valence-electron chi connectivity index (χ2n) is 9.84. The number of nitriles is 1. The van der Waals surface area contributed by atoms with E-state index in [9.17, 15) is 14.4 Å². The lowest BCUT2D eigenvalue weighted by molar-refractivity contribution is -0.144. The summed E-state index contributed by atoms with van der Waals surface area (Å²) in [5.74, 6) is 5.11. The molecule has 1 heterocycles. The van der Waals surface area contributed by atoms with Gasteiger partial charge in [-0.2, -0.15) is 5.26 Å². The predicted octanol–water partition coefficient (Wildman–Crippen LogP) is 5.80. The maximum atomic E-state index is 14.5. The monoisotopic (exact) mass is 547 g/mol. The molecule has 208 valence electrons.